The van der Waals surface area contributed by atoms with Crippen molar-refractivity contribution in [2.24, 2.45) is 0 Å². The van der Waals surface area contributed by atoms with Gasteiger partial charge in [0.2, 0.25) is 0 Å². The van der Waals surface area contributed by atoms with Gasteiger partial charge in [0.15, 0.2) is 17.1 Å². The van der Waals surface area contributed by atoms with Gasteiger partial charge >= 0.3 is 0 Å². The van der Waals surface area contributed by atoms with Crippen LogP contribution in [0.1, 0.15) is 24.3 Å². The molecule has 0 amide bonds. The first kappa shape index (κ1) is 18.1. The summed E-state index contributed by atoms with van der Waals surface area (Å²) in [6.45, 7) is 2.05. The zero-order valence-corrected chi connectivity index (χ0v) is 16.7. The van der Waals surface area contributed by atoms with Crippen molar-refractivity contribution in [1.82, 2.24) is 35.5 Å². The van der Waals surface area contributed by atoms with Crippen molar-refractivity contribution in [1.29, 1.82) is 0 Å². The Labute approximate surface area is 177 Å². The molecule has 1 aliphatic rings. The molecule has 1 fully saturated rings. The smallest absolute Gasteiger partial charge is 0.161 e. The summed E-state index contributed by atoms with van der Waals surface area (Å²) in [5.41, 5.74) is 5.56. The molecule has 4 aromatic heterocycles. The molecule has 6 rings (SSSR count). The quantitative estimate of drug-likeness (QED) is 0.413. The summed E-state index contributed by atoms with van der Waals surface area (Å²) < 4.78 is 13.8. The van der Waals surface area contributed by atoms with Crippen LogP contribution in [-0.4, -0.2) is 43.2 Å². The zero-order valence-electron chi connectivity index (χ0n) is 16.7. The minimum atomic E-state index is -0.284. The Morgan fingerprint density at radius 2 is 1.90 bits per heavy atom. The molecule has 8 heteroatoms. The van der Waals surface area contributed by atoms with E-state index < -0.39 is 0 Å². The number of fused-ring (bicyclic) bond motifs is 2. The first-order valence-electron chi connectivity index (χ1n) is 10.4. The van der Waals surface area contributed by atoms with E-state index >= 15 is 0 Å². The van der Waals surface area contributed by atoms with Gasteiger partial charge in [-0.2, -0.15) is 5.10 Å². The van der Waals surface area contributed by atoms with Crippen molar-refractivity contribution < 1.29 is 4.39 Å². The van der Waals surface area contributed by atoms with Crippen molar-refractivity contribution in [3.05, 3.63) is 60.2 Å². The normalized spacial score (nSPS) is 15.1. The molecule has 0 atom stereocenters. The van der Waals surface area contributed by atoms with Crippen LogP contribution in [0.15, 0.2) is 48.8 Å². The molecule has 3 N–H and O–H groups in total. The number of rotatable bonds is 3. The Balaban J connectivity index is 1.47. The molecule has 0 radical (unpaired) electrons. The van der Waals surface area contributed by atoms with Gasteiger partial charge in [0.05, 0.1) is 5.39 Å². The van der Waals surface area contributed by atoms with Crippen LogP contribution in [-0.2, 0) is 0 Å². The van der Waals surface area contributed by atoms with Crippen LogP contribution in [0.25, 0.3) is 44.8 Å². The summed E-state index contributed by atoms with van der Waals surface area (Å²) in [5.74, 6) is 0.827. The average Bonchev–Trinajstić information content (AvgIpc) is 3.43. The number of aromatic amines is 2. The maximum absolute atomic E-state index is 13.8. The molecule has 5 aromatic rings. The van der Waals surface area contributed by atoms with Gasteiger partial charge in [-0.05, 0) is 67.2 Å². The number of halogens is 1. The zero-order chi connectivity index (χ0) is 20.8. The van der Waals surface area contributed by atoms with E-state index in [-0.39, 0.29) is 5.82 Å². The van der Waals surface area contributed by atoms with Crippen LogP contribution in [0.2, 0.25) is 0 Å². The highest BCUT2D eigenvalue weighted by molar-refractivity contribution is 5.95. The molecule has 31 heavy (non-hydrogen) atoms. The summed E-state index contributed by atoms with van der Waals surface area (Å²) >= 11 is 0. The molecule has 1 aromatic carbocycles. The van der Waals surface area contributed by atoms with E-state index in [0.29, 0.717) is 28.6 Å². The fraction of sp³-hybridized carbons (Fsp3) is 0.217. The van der Waals surface area contributed by atoms with E-state index in [9.17, 15) is 4.39 Å². The number of nitrogens with zero attached hydrogens (tertiary/aromatic N) is 4. The Bertz CT molecular complexity index is 1400. The van der Waals surface area contributed by atoms with Gasteiger partial charge in [0, 0.05) is 18.0 Å². The number of hydrogen-bond acceptors (Lipinski definition) is 5. The fourth-order valence-electron chi connectivity index (χ4n) is 4.39. The second kappa shape index (κ2) is 7.24. The van der Waals surface area contributed by atoms with Crippen LogP contribution in [0.5, 0.6) is 0 Å². The Hall–Kier alpha value is -3.65. The molecule has 1 aliphatic heterocycles. The van der Waals surface area contributed by atoms with Crippen LogP contribution < -0.4 is 5.32 Å². The highest BCUT2D eigenvalue weighted by atomic mass is 19.1. The molecule has 0 spiro atoms. The van der Waals surface area contributed by atoms with E-state index in [1.165, 1.54) is 17.7 Å². The van der Waals surface area contributed by atoms with Gasteiger partial charge in [0.1, 0.15) is 17.0 Å². The SMILES string of the molecule is Fc1cccc(-c2ccnc3[nH]c(-c4n[nH]c5ncc(C6CCNCC6)cc45)nc23)c1. The molecule has 0 unspecified atom stereocenters. The Morgan fingerprint density at radius 3 is 2.77 bits per heavy atom. The topological polar surface area (TPSA) is 95.2 Å². The predicted molar refractivity (Wildman–Crippen MR) is 117 cm³/mol. The maximum atomic E-state index is 13.8. The van der Waals surface area contributed by atoms with Crippen molar-refractivity contribution in [3.63, 3.8) is 0 Å². The van der Waals surface area contributed by atoms with E-state index in [1.807, 2.05) is 18.3 Å². The van der Waals surface area contributed by atoms with Crippen LogP contribution >= 0.6 is 0 Å². The summed E-state index contributed by atoms with van der Waals surface area (Å²) in [4.78, 5) is 17.1. The number of H-pyrrole nitrogens is 2. The number of nitrogens with one attached hydrogen (secondary N) is 3. The van der Waals surface area contributed by atoms with Gasteiger partial charge in [-0.25, -0.2) is 19.3 Å². The Kier molecular flexibility index (Phi) is 4.24. The summed E-state index contributed by atoms with van der Waals surface area (Å²) in [5, 5.41) is 11.8. The van der Waals surface area contributed by atoms with E-state index in [1.54, 1.807) is 12.3 Å². The molecule has 7 nitrogen and oxygen atoms in total. The lowest BCUT2D eigenvalue weighted by Gasteiger charge is -2.22. The van der Waals surface area contributed by atoms with Gasteiger partial charge in [-0.15, -0.1) is 0 Å². The molecular weight excluding hydrogens is 393 g/mol. The van der Waals surface area contributed by atoms with Crippen molar-refractivity contribution in [2.75, 3.05) is 13.1 Å². The summed E-state index contributed by atoms with van der Waals surface area (Å²) in [7, 11) is 0. The van der Waals surface area contributed by atoms with Gasteiger partial charge in [-0.1, -0.05) is 12.1 Å². The van der Waals surface area contributed by atoms with Crippen LogP contribution in [0.4, 0.5) is 4.39 Å². The molecule has 1 saturated heterocycles. The number of pyridine rings is 2. The van der Waals surface area contributed by atoms with Gasteiger partial charge in [-0.3, -0.25) is 5.10 Å². The Morgan fingerprint density at radius 1 is 1.00 bits per heavy atom. The predicted octanol–water partition coefficient (Wildman–Crippen LogP) is 4.17. The number of hydrogen-bond donors (Lipinski definition) is 3. The fourth-order valence-corrected chi connectivity index (χ4v) is 4.39. The maximum Gasteiger partial charge on any atom is 0.161 e. The number of piperidine rings is 1. The summed E-state index contributed by atoms with van der Waals surface area (Å²) in [6.07, 6.45) is 5.85. The molecular formula is C23H20FN7. The lowest BCUT2D eigenvalue weighted by atomic mass is 9.91. The summed E-state index contributed by atoms with van der Waals surface area (Å²) in [6, 6.07) is 10.5. The first-order chi connectivity index (χ1) is 15.3. The van der Waals surface area contributed by atoms with Gasteiger partial charge < -0.3 is 10.3 Å². The molecule has 154 valence electrons. The van der Waals surface area contributed by atoms with E-state index in [2.05, 4.69) is 36.5 Å². The number of benzene rings is 1. The lowest BCUT2D eigenvalue weighted by Crippen LogP contribution is -2.26. The minimum Gasteiger partial charge on any atom is -0.321 e. The van der Waals surface area contributed by atoms with Crippen molar-refractivity contribution in [2.45, 2.75) is 18.8 Å². The standard InChI is InChI=1S/C23H20FN7/c24-16-3-1-2-14(10-16)17-6-9-26-22-19(17)28-23(29-22)20-18-11-15(12-27-21(18)31-30-20)13-4-7-25-8-5-13/h1-3,6,9-13,25H,4-5,7-8H2,(H,26,28,29)(H,27,30,31). The monoisotopic (exact) mass is 413 g/mol. The van der Waals surface area contributed by atoms with E-state index in [0.717, 1.165) is 48.1 Å². The highest BCUT2D eigenvalue weighted by Crippen LogP contribution is 2.32. The van der Waals surface area contributed by atoms with Crippen LogP contribution in [0, 0.1) is 5.82 Å². The van der Waals surface area contributed by atoms with Crippen LogP contribution in [0.3, 0.4) is 0 Å². The minimum absolute atomic E-state index is 0.284. The largest absolute Gasteiger partial charge is 0.321 e. The third-order valence-corrected chi connectivity index (χ3v) is 5.99. The first-order valence-corrected chi connectivity index (χ1v) is 10.4. The lowest BCUT2D eigenvalue weighted by molar-refractivity contribution is 0.460. The molecule has 0 aliphatic carbocycles. The van der Waals surface area contributed by atoms with E-state index in [4.69, 9.17) is 4.98 Å². The third kappa shape index (κ3) is 3.16. The number of aromatic nitrogens is 6. The van der Waals surface area contributed by atoms with Crippen molar-refractivity contribution >= 4 is 22.2 Å². The van der Waals surface area contributed by atoms with Crippen molar-refractivity contribution in [3.8, 4) is 22.6 Å². The number of imidazole rings is 1. The van der Waals surface area contributed by atoms with Gasteiger partial charge in [0.25, 0.3) is 0 Å². The third-order valence-electron chi connectivity index (χ3n) is 5.99. The molecule has 5 heterocycles. The second-order valence-electron chi connectivity index (χ2n) is 7.91. The molecule has 0 saturated carbocycles. The molecule has 0 bridgehead atoms. The average molecular weight is 413 g/mol. The second-order valence-corrected chi connectivity index (χ2v) is 7.91. The highest BCUT2D eigenvalue weighted by Gasteiger charge is 2.20.